The molecule has 0 amide bonds. The summed E-state index contributed by atoms with van der Waals surface area (Å²) in [5, 5.41) is 10.6. The van der Waals surface area contributed by atoms with Gasteiger partial charge in [0, 0.05) is 25.7 Å². The van der Waals surface area contributed by atoms with Gasteiger partial charge < -0.3 is 33.8 Å². The largest absolute Gasteiger partial charge is 0.472 e. The van der Waals surface area contributed by atoms with E-state index in [1.807, 2.05) is 0 Å². The highest BCUT2D eigenvalue weighted by atomic mass is 31.2. The second kappa shape index (κ2) is 66.6. The molecule has 95 heavy (non-hydrogen) atoms. The van der Waals surface area contributed by atoms with Crippen molar-refractivity contribution in [2.75, 3.05) is 39.6 Å². The molecule has 564 valence electrons. The van der Waals surface area contributed by atoms with Crippen LogP contribution in [0.25, 0.3) is 0 Å². The average Bonchev–Trinajstić information content (AvgIpc) is 1.42. The smallest absolute Gasteiger partial charge is 0.462 e. The molecule has 3 N–H and O–H groups in total. The Bertz CT molecular complexity index is 1850. The fourth-order valence-electron chi connectivity index (χ4n) is 11.6. The van der Waals surface area contributed by atoms with Gasteiger partial charge in [-0.05, 0) is 43.4 Å². The van der Waals surface area contributed by atoms with Crippen LogP contribution in [0, 0.1) is 17.8 Å². The number of aliphatic hydroxyl groups excluding tert-OH is 1. The number of phosphoric acid groups is 2. The summed E-state index contributed by atoms with van der Waals surface area (Å²) in [6.07, 6.45) is 52.9. The number of phosphoric ester groups is 2. The van der Waals surface area contributed by atoms with Gasteiger partial charge in [-0.1, -0.05) is 337 Å². The van der Waals surface area contributed by atoms with Crippen molar-refractivity contribution in [3.05, 3.63) is 0 Å². The highest BCUT2D eigenvalue weighted by Crippen LogP contribution is 2.45. The SMILES string of the molecule is CCCCCCCCCCCCCCCCCCCCC(=O)O[C@H](COC(=O)CCCCCCCCCCCCCC(C)C)COP(=O)(O)OC[C@@H](O)COP(=O)(O)OC[C@@H](COC(=O)CCCCCCCCC(C)C)OC(=O)CCCCCCCCCCCCCC(C)C. The lowest BCUT2D eigenvalue weighted by Gasteiger charge is -2.21. The molecular formula is C76H148O17P2. The van der Waals surface area contributed by atoms with E-state index in [9.17, 15) is 43.2 Å². The van der Waals surface area contributed by atoms with Crippen LogP contribution in [-0.2, 0) is 65.4 Å². The third kappa shape index (κ3) is 70.3. The summed E-state index contributed by atoms with van der Waals surface area (Å²) in [4.78, 5) is 72.8. The third-order valence-corrected chi connectivity index (χ3v) is 19.5. The van der Waals surface area contributed by atoms with Crippen LogP contribution in [-0.4, -0.2) is 96.7 Å². The van der Waals surface area contributed by atoms with Crippen LogP contribution in [0.1, 0.15) is 389 Å². The van der Waals surface area contributed by atoms with Crippen molar-refractivity contribution in [3.63, 3.8) is 0 Å². The Labute approximate surface area is 581 Å². The molecule has 0 heterocycles. The molecule has 0 radical (unpaired) electrons. The van der Waals surface area contributed by atoms with Gasteiger partial charge in [-0.25, -0.2) is 9.13 Å². The molecule has 0 aliphatic rings. The first-order chi connectivity index (χ1) is 45.7. The quantitative estimate of drug-likeness (QED) is 0.0222. The molecule has 0 spiro atoms. The topological polar surface area (TPSA) is 237 Å². The van der Waals surface area contributed by atoms with E-state index < -0.39 is 97.5 Å². The minimum Gasteiger partial charge on any atom is -0.462 e. The van der Waals surface area contributed by atoms with E-state index in [2.05, 4.69) is 48.5 Å². The monoisotopic (exact) mass is 1400 g/mol. The predicted octanol–water partition coefficient (Wildman–Crippen LogP) is 22.2. The molecule has 0 bridgehead atoms. The molecule has 0 fully saturated rings. The Morgan fingerprint density at radius 2 is 0.484 bits per heavy atom. The minimum atomic E-state index is -4.96. The summed E-state index contributed by atoms with van der Waals surface area (Å²) in [6.45, 7) is 11.8. The molecule has 0 aliphatic carbocycles. The molecule has 0 rings (SSSR count). The van der Waals surface area contributed by atoms with Gasteiger partial charge in [0.05, 0.1) is 26.4 Å². The maximum Gasteiger partial charge on any atom is 0.472 e. The Hall–Kier alpha value is -1.94. The standard InChI is InChI=1S/C76H148O17P2/c1-8-9-10-11-12-13-14-15-16-17-18-19-20-25-31-36-45-52-59-75(80)92-71(63-86-73(78)57-50-43-35-30-26-21-23-28-33-40-47-54-67(2)3)65-90-94(82,83)88-61-70(77)62-89-95(84,85)91-66-72(64-87-74(79)58-51-44-39-38-42-49-56-69(6)7)93-76(81)60-53-46-37-32-27-22-24-29-34-41-48-55-68(4)5/h67-72,77H,8-66H2,1-7H3,(H,82,83)(H,84,85)/t70-,71-,72-/m1/s1. The molecule has 19 heteroatoms. The average molecular weight is 1400 g/mol. The third-order valence-electron chi connectivity index (χ3n) is 17.6. The number of rotatable bonds is 74. The molecule has 0 aliphatic heterocycles. The van der Waals surface area contributed by atoms with Gasteiger partial charge in [0.15, 0.2) is 12.2 Å². The summed E-state index contributed by atoms with van der Waals surface area (Å²) in [6, 6.07) is 0. The first-order valence-corrected chi connectivity index (χ1v) is 42.3. The molecule has 0 aromatic carbocycles. The van der Waals surface area contributed by atoms with Crippen LogP contribution in [0.3, 0.4) is 0 Å². The number of carbonyl (C=O) groups excluding carboxylic acids is 4. The van der Waals surface area contributed by atoms with Gasteiger partial charge >= 0.3 is 39.5 Å². The molecular weight excluding hydrogens is 1250 g/mol. The first kappa shape index (κ1) is 93.1. The number of unbranched alkanes of at least 4 members (excludes halogenated alkanes) is 42. The fourth-order valence-corrected chi connectivity index (χ4v) is 13.2. The van der Waals surface area contributed by atoms with Crippen molar-refractivity contribution in [2.45, 2.75) is 407 Å². The lowest BCUT2D eigenvalue weighted by Crippen LogP contribution is -2.30. The normalized spacial score (nSPS) is 14.1. The van der Waals surface area contributed by atoms with E-state index in [4.69, 9.17) is 37.0 Å². The van der Waals surface area contributed by atoms with Crippen LogP contribution in [0.5, 0.6) is 0 Å². The first-order valence-electron chi connectivity index (χ1n) is 39.3. The lowest BCUT2D eigenvalue weighted by atomic mass is 10.0. The highest BCUT2D eigenvalue weighted by molar-refractivity contribution is 7.47. The molecule has 0 aromatic heterocycles. The van der Waals surface area contributed by atoms with Crippen molar-refractivity contribution in [3.8, 4) is 0 Å². The molecule has 0 saturated heterocycles. The number of esters is 4. The molecule has 17 nitrogen and oxygen atoms in total. The zero-order chi connectivity index (χ0) is 70.1. The van der Waals surface area contributed by atoms with Crippen LogP contribution in [0.2, 0.25) is 0 Å². The van der Waals surface area contributed by atoms with Gasteiger partial charge in [-0.3, -0.25) is 37.3 Å². The Balaban J connectivity index is 5.23. The van der Waals surface area contributed by atoms with Crippen LogP contribution in [0.4, 0.5) is 0 Å². The summed E-state index contributed by atoms with van der Waals surface area (Å²) >= 11 is 0. The molecule has 5 atom stereocenters. The fraction of sp³-hybridized carbons (Fsp3) is 0.947. The van der Waals surface area contributed by atoms with E-state index in [0.717, 1.165) is 108 Å². The number of hydrogen-bond acceptors (Lipinski definition) is 15. The molecule has 2 unspecified atom stereocenters. The van der Waals surface area contributed by atoms with Crippen LogP contribution in [0.15, 0.2) is 0 Å². The van der Waals surface area contributed by atoms with Gasteiger partial charge in [-0.2, -0.15) is 0 Å². The van der Waals surface area contributed by atoms with Crippen molar-refractivity contribution < 1.29 is 80.2 Å². The number of hydrogen-bond donors (Lipinski definition) is 3. The minimum absolute atomic E-state index is 0.105. The molecule has 0 saturated carbocycles. The summed E-state index contributed by atoms with van der Waals surface area (Å²) in [7, 11) is -9.91. The van der Waals surface area contributed by atoms with Gasteiger partial charge in [0.2, 0.25) is 0 Å². The summed E-state index contributed by atoms with van der Waals surface area (Å²) in [5.74, 6) is 0.0962. The summed E-state index contributed by atoms with van der Waals surface area (Å²) in [5.41, 5.74) is 0. The van der Waals surface area contributed by atoms with E-state index in [-0.39, 0.29) is 25.7 Å². The van der Waals surface area contributed by atoms with Gasteiger partial charge in [0.1, 0.15) is 19.3 Å². The number of aliphatic hydroxyl groups is 1. The Kier molecular flexibility index (Phi) is 65.2. The highest BCUT2D eigenvalue weighted by Gasteiger charge is 2.30. The van der Waals surface area contributed by atoms with Crippen molar-refractivity contribution in [2.24, 2.45) is 17.8 Å². The summed E-state index contributed by atoms with van der Waals surface area (Å²) < 4.78 is 68.5. The zero-order valence-electron chi connectivity index (χ0n) is 62.1. The Morgan fingerprint density at radius 3 is 0.716 bits per heavy atom. The van der Waals surface area contributed by atoms with E-state index >= 15 is 0 Å². The number of carbonyl (C=O) groups is 4. The van der Waals surface area contributed by atoms with Crippen molar-refractivity contribution in [1.29, 1.82) is 0 Å². The zero-order valence-corrected chi connectivity index (χ0v) is 63.9. The second-order valence-electron chi connectivity index (χ2n) is 28.8. The maximum atomic E-state index is 13.1. The van der Waals surface area contributed by atoms with Crippen LogP contribution >= 0.6 is 15.6 Å². The van der Waals surface area contributed by atoms with Crippen molar-refractivity contribution >= 4 is 39.5 Å². The maximum absolute atomic E-state index is 13.1. The number of ether oxygens (including phenoxy) is 4. The van der Waals surface area contributed by atoms with E-state index in [1.165, 1.54) is 193 Å². The lowest BCUT2D eigenvalue weighted by molar-refractivity contribution is -0.161. The Morgan fingerprint density at radius 1 is 0.284 bits per heavy atom. The van der Waals surface area contributed by atoms with E-state index in [0.29, 0.717) is 31.6 Å². The van der Waals surface area contributed by atoms with Gasteiger partial charge in [0.25, 0.3) is 0 Å². The van der Waals surface area contributed by atoms with E-state index in [1.54, 1.807) is 0 Å². The molecule has 0 aromatic rings. The predicted molar refractivity (Wildman–Crippen MR) is 386 cm³/mol. The van der Waals surface area contributed by atoms with Gasteiger partial charge in [-0.15, -0.1) is 0 Å². The second-order valence-corrected chi connectivity index (χ2v) is 31.7. The van der Waals surface area contributed by atoms with Crippen molar-refractivity contribution in [1.82, 2.24) is 0 Å². The van der Waals surface area contributed by atoms with Crippen LogP contribution < -0.4 is 0 Å².